The molecule has 4 aromatic rings. The van der Waals surface area contributed by atoms with E-state index in [1.54, 1.807) is 17.6 Å². The van der Waals surface area contributed by atoms with E-state index in [1.807, 2.05) is 30.7 Å². The zero-order valence-corrected chi connectivity index (χ0v) is 15.6. The number of anilines is 1. The van der Waals surface area contributed by atoms with E-state index >= 15 is 0 Å². The van der Waals surface area contributed by atoms with Crippen molar-refractivity contribution in [1.82, 2.24) is 34.9 Å². The van der Waals surface area contributed by atoms with Crippen molar-refractivity contribution in [3.05, 3.63) is 36.9 Å². The van der Waals surface area contributed by atoms with Crippen molar-refractivity contribution in [1.29, 1.82) is 0 Å². The Hall–Kier alpha value is -3.49. The molecular formula is C19H20N8O. The lowest BCUT2D eigenvalue weighted by Gasteiger charge is -2.45. The number of amides is 1. The Labute approximate surface area is 160 Å². The van der Waals surface area contributed by atoms with Crippen LogP contribution in [0.3, 0.4) is 0 Å². The van der Waals surface area contributed by atoms with Gasteiger partial charge in [-0.15, -0.1) is 0 Å². The van der Waals surface area contributed by atoms with Crippen LogP contribution in [-0.4, -0.2) is 47.0 Å². The summed E-state index contributed by atoms with van der Waals surface area (Å²) in [5.41, 5.74) is 3.19. The number of rotatable bonds is 4. The molecule has 28 heavy (non-hydrogen) atoms. The highest BCUT2D eigenvalue weighted by molar-refractivity contribution is 5.92. The maximum absolute atomic E-state index is 11.3. The van der Waals surface area contributed by atoms with Crippen LogP contribution in [0.25, 0.3) is 27.9 Å². The number of aromatic amines is 1. The number of H-pyrrole nitrogens is 1. The summed E-state index contributed by atoms with van der Waals surface area (Å²) in [4.78, 5) is 28.2. The van der Waals surface area contributed by atoms with E-state index in [0.717, 1.165) is 40.8 Å². The quantitative estimate of drug-likeness (QED) is 0.503. The molecule has 0 aromatic carbocycles. The number of nitrogens with zero attached hydrogens (tertiary/aromatic N) is 5. The van der Waals surface area contributed by atoms with Gasteiger partial charge in [-0.3, -0.25) is 4.79 Å². The van der Waals surface area contributed by atoms with Crippen LogP contribution in [0.15, 0.2) is 36.9 Å². The van der Waals surface area contributed by atoms with Crippen molar-refractivity contribution < 1.29 is 4.79 Å². The molecule has 5 rings (SSSR count). The van der Waals surface area contributed by atoms with E-state index in [0.29, 0.717) is 5.95 Å². The summed E-state index contributed by atoms with van der Waals surface area (Å²) in [6.07, 6.45) is 9.01. The van der Waals surface area contributed by atoms with E-state index in [2.05, 4.69) is 42.6 Å². The Morgan fingerprint density at radius 2 is 2.18 bits per heavy atom. The number of carbonyl (C=O) groups excluding carboxylic acids is 1. The fourth-order valence-corrected chi connectivity index (χ4v) is 3.99. The van der Waals surface area contributed by atoms with Gasteiger partial charge in [0, 0.05) is 54.1 Å². The third-order valence-electron chi connectivity index (χ3n) is 5.17. The first kappa shape index (κ1) is 16.7. The number of aromatic nitrogens is 6. The zero-order chi connectivity index (χ0) is 19.3. The number of hydrogen-bond acceptors (Lipinski definition) is 6. The predicted molar refractivity (Wildman–Crippen MR) is 105 cm³/mol. The first-order valence-electron chi connectivity index (χ1n) is 9.19. The highest BCUT2D eigenvalue weighted by atomic mass is 16.1. The van der Waals surface area contributed by atoms with Gasteiger partial charge in [0.2, 0.25) is 11.9 Å². The number of carbonyl (C=O) groups is 1. The second kappa shape index (κ2) is 6.01. The predicted octanol–water partition coefficient (Wildman–Crippen LogP) is 2.14. The molecule has 142 valence electrons. The summed E-state index contributed by atoms with van der Waals surface area (Å²) in [6.45, 7) is 3.60. The summed E-state index contributed by atoms with van der Waals surface area (Å²) >= 11 is 0. The molecule has 1 aliphatic rings. The van der Waals surface area contributed by atoms with Gasteiger partial charge in [-0.2, -0.15) is 10.1 Å². The average molecular weight is 376 g/mol. The second-order valence-electron chi connectivity index (χ2n) is 7.60. The molecule has 4 aromatic heterocycles. The lowest BCUT2D eigenvalue weighted by molar-refractivity contribution is -0.121. The molecule has 0 radical (unpaired) electrons. The minimum Gasteiger partial charge on any atom is -0.351 e. The number of hydrogen-bond donors (Lipinski definition) is 3. The fraction of sp³-hybridized carbons (Fsp3) is 0.316. The maximum Gasteiger partial charge on any atom is 0.224 e. The minimum atomic E-state index is -0.148. The van der Waals surface area contributed by atoms with Crippen LogP contribution in [0.5, 0.6) is 0 Å². The van der Waals surface area contributed by atoms with Gasteiger partial charge in [-0.05, 0) is 25.8 Å². The van der Waals surface area contributed by atoms with Crippen LogP contribution in [0.1, 0.15) is 26.7 Å². The standard InChI is InChI=1S/C19H20N8O/c1-11(28)26-19(2)7-12(8-19)23-18-21-10-14-13(9-20-17(14)25-18)15-4-6-27-16(24-15)3-5-22-27/h3-6,9-10,12H,7-8H2,1-2H3,(H,26,28)(H2,20,21,23,25)/t12-,19-. The monoisotopic (exact) mass is 376 g/mol. The third-order valence-corrected chi connectivity index (χ3v) is 5.17. The van der Waals surface area contributed by atoms with Crippen LogP contribution in [0.2, 0.25) is 0 Å². The SMILES string of the molecule is CC(=O)N[C@]1(C)C[C@@H](Nc2ncc3c(-c4ccn5nccc5n4)c[nH]c3n2)C1. The Balaban J connectivity index is 1.36. The van der Waals surface area contributed by atoms with Crippen LogP contribution in [-0.2, 0) is 4.79 Å². The topological polar surface area (TPSA) is 113 Å². The Kier molecular flexibility index (Phi) is 3.58. The smallest absolute Gasteiger partial charge is 0.224 e. The molecule has 1 saturated carbocycles. The molecule has 1 aliphatic carbocycles. The zero-order valence-electron chi connectivity index (χ0n) is 15.6. The molecule has 9 heteroatoms. The van der Waals surface area contributed by atoms with Crippen LogP contribution >= 0.6 is 0 Å². The van der Waals surface area contributed by atoms with Gasteiger partial charge in [0.05, 0.1) is 11.9 Å². The lowest BCUT2D eigenvalue weighted by Crippen LogP contribution is -2.59. The van der Waals surface area contributed by atoms with Gasteiger partial charge in [-0.25, -0.2) is 14.5 Å². The van der Waals surface area contributed by atoms with Crippen LogP contribution in [0, 0.1) is 0 Å². The summed E-state index contributed by atoms with van der Waals surface area (Å²) in [5.74, 6) is 0.579. The van der Waals surface area contributed by atoms with Crippen molar-refractivity contribution >= 4 is 28.5 Å². The average Bonchev–Trinajstić information content (AvgIpc) is 3.25. The Morgan fingerprint density at radius 1 is 1.32 bits per heavy atom. The lowest BCUT2D eigenvalue weighted by atomic mass is 9.74. The van der Waals surface area contributed by atoms with Crippen LogP contribution in [0.4, 0.5) is 5.95 Å². The molecule has 4 heterocycles. The van der Waals surface area contributed by atoms with E-state index in [-0.39, 0.29) is 17.5 Å². The fourth-order valence-electron chi connectivity index (χ4n) is 3.99. The molecule has 0 unspecified atom stereocenters. The van der Waals surface area contributed by atoms with E-state index in [9.17, 15) is 4.79 Å². The molecule has 1 fully saturated rings. The van der Waals surface area contributed by atoms with Crippen molar-refractivity contribution in [2.45, 2.75) is 38.3 Å². The first-order valence-corrected chi connectivity index (χ1v) is 9.19. The number of nitrogens with one attached hydrogen (secondary N) is 3. The molecule has 1 amide bonds. The summed E-state index contributed by atoms with van der Waals surface area (Å²) in [7, 11) is 0. The van der Waals surface area contributed by atoms with E-state index in [1.165, 1.54) is 0 Å². The summed E-state index contributed by atoms with van der Waals surface area (Å²) in [6, 6.07) is 4.03. The Morgan fingerprint density at radius 3 is 3.00 bits per heavy atom. The van der Waals surface area contributed by atoms with Crippen molar-refractivity contribution in [2.75, 3.05) is 5.32 Å². The molecule has 9 nitrogen and oxygen atoms in total. The molecular weight excluding hydrogens is 356 g/mol. The molecule has 0 bridgehead atoms. The minimum absolute atomic E-state index is 0.000242. The van der Waals surface area contributed by atoms with Crippen molar-refractivity contribution in [2.24, 2.45) is 0 Å². The molecule has 0 atom stereocenters. The van der Waals surface area contributed by atoms with Gasteiger partial charge >= 0.3 is 0 Å². The van der Waals surface area contributed by atoms with Gasteiger partial charge < -0.3 is 15.6 Å². The molecule has 0 aliphatic heterocycles. The largest absolute Gasteiger partial charge is 0.351 e. The second-order valence-corrected chi connectivity index (χ2v) is 7.60. The summed E-state index contributed by atoms with van der Waals surface area (Å²) in [5, 5.41) is 11.4. The van der Waals surface area contributed by atoms with E-state index < -0.39 is 0 Å². The number of fused-ring (bicyclic) bond motifs is 2. The molecule has 0 saturated heterocycles. The van der Waals surface area contributed by atoms with Gasteiger partial charge in [0.25, 0.3) is 0 Å². The molecule has 0 spiro atoms. The van der Waals surface area contributed by atoms with Gasteiger partial charge in [-0.1, -0.05) is 0 Å². The van der Waals surface area contributed by atoms with Crippen molar-refractivity contribution in [3.63, 3.8) is 0 Å². The highest BCUT2D eigenvalue weighted by Crippen LogP contribution is 2.34. The van der Waals surface area contributed by atoms with Crippen LogP contribution < -0.4 is 10.6 Å². The van der Waals surface area contributed by atoms with E-state index in [4.69, 9.17) is 0 Å². The van der Waals surface area contributed by atoms with Gasteiger partial charge in [0.15, 0.2) is 5.65 Å². The summed E-state index contributed by atoms with van der Waals surface area (Å²) < 4.78 is 1.73. The van der Waals surface area contributed by atoms with Crippen molar-refractivity contribution in [3.8, 4) is 11.3 Å². The highest BCUT2D eigenvalue weighted by Gasteiger charge is 2.41. The third kappa shape index (κ3) is 2.84. The normalized spacial score (nSPS) is 21.6. The van der Waals surface area contributed by atoms with Gasteiger partial charge in [0.1, 0.15) is 5.65 Å². The first-order chi connectivity index (χ1) is 13.5. The maximum atomic E-state index is 11.3. The molecule has 3 N–H and O–H groups in total. The Bertz CT molecular complexity index is 1190.